The standard InChI is InChI=1S/C14H14Br2N2O2S/c1-17-9-10-3-2-4-12(7-10)21(19,20)18-14-6-5-11(15)8-13(14)16/h2-8,17-18H,9H2,1H3. The Labute approximate surface area is 141 Å². The molecular weight excluding hydrogens is 420 g/mol. The smallest absolute Gasteiger partial charge is 0.261 e. The first-order chi connectivity index (χ1) is 9.92. The van der Waals surface area contributed by atoms with Crippen molar-refractivity contribution in [2.24, 2.45) is 0 Å². The third-order valence-corrected chi connectivity index (χ3v) is 5.28. The summed E-state index contributed by atoms with van der Waals surface area (Å²) in [5, 5.41) is 3.00. The topological polar surface area (TPSA) is 58.2 Å². The van der Waals surface area contributed by atoms with E-state index in [9.17, 15) is 8.42 Å². The van der Waals surface area contributed by atoms with Crippen LogP contribution in [0.15, 0.2) is 56.3 Å². The Balaban J connectivity index is 2.31. The molecule has 21 heavy (non-hydrogen) atoms. The van der Waals surface area contributed by atoms with Crippen LogP contribution in [0.1, 0.15) is 5.56 Å². The maximum Gasteiger partial charge on any atom is 0.261 e. The van der Waals surface area contributed by atoms with Crippen LogP contribution in [0, 0.1) is 0 Å². The lowest BCUT2D eigenvalue weighted by Crippen LogP contribution is -2.14. The molecule has 112 valence electrons. The van der Waals surface area contributed by atoms with Crippen LogP contribution in [0.25, 0.3) is 0 Å². The van der Waals surface area contributed by atoms with Gasteiger partial charge in [0.05, 0.1) is 10.6 Å². The van der Waals surface area contributed by atoms with Crippen molar-refractivity contribution in [1.29, 1.82) is 0 Å². The molecule has 4 nitrogen and oxygen atoms in total. The van der Waals surface area contributed by atoms with Gasteiger partial charge in [0.1, 0.15) is 0 Å². The van der Waals surface area contributed by atoms with E-state index in [1.54, 1.807) is 36.4 Å². The van der Waals surface area contributed by atoms with E-state index in [0.29, 0.717) is 16.7 Å². The van der Waals surface area contributed by atoms with Crippen LogP contribution < -0.4 is 10.0 Å². The van der Waals surface area contributed by atoms with Crippen molar-refractivity contribution in [3.8, 4) is 0 Å². The van der Waals surface area contributed by atoms with Gasteiger partial charge >= 0.3 is 0 Å². The zero-order valence-corrected chi connectivity index (χ0v) is 15.2. The highest BCUT2D eigenvalue weighted by atomic mass is 79.9. The van der Waals surface area contributed by atoms with Gasteiger partial charge in [0.15, 0.2) is 0 Å². The number of hydrogen-bond acceptors (Lipinski definition) is 3. The van der Waals surface area contributed by atoms with Crippen LogP contribution in [-0.4, -0.2) is 15.5 Å². The van der Waals surface area contributed by atoms with Crippen LogP contribution in [0.2, 0.25) is 0 Å². The molecule has 0 aliphatic rings. The molecule has 0 amide bonds. The van der Waals surface area contributed by atoms with Crippen molar-refractivity contribution in [1.82, 2.24) is 5.32 Å². The molecule has 0 bridgehead atoms. The highest BCUT2D eigenvalue weighted by Crippen LogP contribution is 2.28. The summed E-state index contributed by atoms with van der Waals surface area (Å²) in [7, 11) is -1.79. The Morgan fingerprint density at radius 2 is 1.86 bits per heavy atom. The molecule has 0 radical (unpaired) electrons. The molecule has 0 aliphatic heterocycles. The van der Waals surface area contributed by atoms with Crippen molar-refractivity contribution in [2.45, 2.75) is 11.4 Å². The number of halogens is 2. The van der Waals surface area contributed by atoms with Gasteiger partial charge in [-0.3, -0.25) is 4.72 Å². The minimum atomic E-state index is -3.61. The van der Waals surface area contributed by atoms with Crippen molar-refractivity contribution < 1.29 is 8.42 Å². The van der Waals surface area contributed by atoms with Gasteiger partial charge in [-0.05, 0) is 58.9 Å². The molecule has 0 spiro atoms. The molecule has 0 heterocycles. The quantitative estimate of drug-likeness (QED) is 0.755. The first-order valence-electron chi connectivity index (χ1n) is 6.14. The zero-order chi connectivity index (χ0) is 15.5. The van der Waals surface area contributed by atoms with Gasteiger partial charge in [-0.2, -0.15) is 0 Å². The maximum atomic E-state index is 12.4. The van der Waals surface area contributed by atoms with Gasteiger partial charge in [-0.25, -0.2) is 8.42 Å². The van der Waals surface area contributed by atoms with Gasteiger partial charge in [-0.15, -0.1) is 0 Å². The molecule has 2 rings (SSSR count). The molecule has 0 fully saturated rings. The van der Waals surface area contributed by atoms with Crippen LogP contribution >= 0.6 is 31.9 Å². The van der Waals surface area contributed by atoms with Gasteiger partial charge < -0.3 is 5.32 Å². The number of nitrogens with one attached hydrogen (secondary N) is 2. The fraction of sp³-hybridized carbons (Fsp3) is 0.143. The fourth-order valence-electron chi connectivity index (χ4n) is 1.80. The second-order valence-electron chi connectivity index (χ2n) is 4.41. The summed E-state index contributed by atoms with van der Waals surface area (Å²) < 4.78 is 29.0. The lowest BCUT2D eigenvalue weighted by atomic mass is 10.2. The van der Waals surface area contributed by atoms with E-state index >= 15 is 0 Å². The third-order valence-electron chi connectivity index (χ3n) is 2.77. The van der Waals surface area contributed by atoms with Crippen LogP contribution in [0.3, 0.4) is 0 Å². The average molecular weight is 434 g/mol. The molecule has 2 aromatic rings. The Kier molecular flexibility index (Phi) is 5.43. The van der Waals surface area contributed by atoms with E-state index in [2.05, 4.69) is 41.9 Å². The lowest BCUT2D eigenvalue weighted by molar-refractivity contribution is 0.601. The molecule has 0 saturated heterocycles. The fourth-order valence-corrected chi connectivity index (χ4v) is 4.23. The highest BCUT2D eigenvalue weighted by Gasteiger charge is 2.16. The van der Waals surface area contributed by atoms with Gasteiger partial charge in [0, 0.05) is 15.5 Å². The van der Waals surface area contributed by atoms with Crippen LogP contribution in [0.4, 0.5) is 5.69 Å². The molecule has 2 aromatic carbocycles. The minimum Gasteiger partial charge on any atom is -0.316 e. The molecule has 0 aliphatic carbocycles. The third kappa shape index (κ3) is 4.29. The van der Waals surface area contributed by atoms with Crippen molar-refractivity contribution in [3.63, 3.8) is 0 Å². The summed E-state index contributed by atoms with van der Waals surface area (Å²) in [6.45, 7) is 0.616. The summed E-state index contributed by atoms with van der Waals surface area (Å²) in [6, 6.07) is 12.1. The van der Waals surface area contributed by atoms with Gasteiger partial charge in [0.25, 0.3) is 10.0 Å². The van der Waals surface area contributed by atoms with E-state index < -0.39 is 10.0 Å². The Hall–Kier alpha value is -0.890. The van der Waals surface area contributed by atoms with Gasteiger partial charge in [0.2, 0.25) is 0 Å². The Bertz CT molecular complexity index is 748. The van der Waals surface area contributed by atoms with E-state index in [1.807, 2.05) is 13.1 Å². The average Bonchev–Trinajstić information content (AvgIpc) is 2.43. The van der Waals surface area contributed by atoms with Gasteiger partial charge in [-0.1, -0.05) is 28.1 Å². The monoisotopic (exact) mass is 432 g/mol. The number of anilines is 1. The highest BCUT2D eigenvalue weighted by molar-refractivity contribution is 9.11. The minimum absolute atomic E-state index is 0.241. The van der Waals surface area contributed by atoms with E-state index in [1.165, 1.54) is 0 Å². The zero-order valence-electron chi connectivity index (χ0n) is 11.2. The van der Waals surface area contributed by atoms with Crippen LogP contribution in [-0.2, 0) is 16.6 Å². The molecule has 0 saturated carbocycles. The largest absolute Gasteiger partial charge is 0.316 e. The second-order valence-corrected chi connectivity index (χ2v) is 7.86. The van der Waals surface area contributed by atoms with Crippen molar-refractivity contribution in [3.05, 3.63) is 57.0 Å². The SMILES string of the molecule is CNCc1cccc(S(=O)(=O)Nc2ccc(Br)cc2Br)c1. The summed E-state index contributed by atoms with van der Waals surface area (Å²) in [6.07, 6.45) is 0. The first kappa shape index (κ1) is 16.5. The normalized spacial score (nSPS) is 11.4. The molecule has 2 N–H and O–H groups in total. The second kappa shape index (κ2) is 6.91. The van der Waals surface area contributed by atoms with Crippen LogP contribution in [0.5, 0.6) is 0 Å². The number of benzene rings is 2. The predicted octanol–water partition coefficient (Wildman–Crippen LogP) is 3.73. The molecular formula is C14H14Br2N2O2S. The summed E-state index contributed by atoms with van der Waals surface area (Å²) in [4.78, 5) is 0.241. The number of sulfonamides is 1. The summed E-state index contributed by atoms with van der Waals surface area (Å²) >= 11 is 6.68. The summed E-state index contributed by atoms with van der Waals surface area (Å²) in [5.74, 6) is 0. The Morgan fingerprint density at radius 3 is 2.52 bits per heavy atom. The van der Waals surface area contributed by atoms with E-state index in [-0.39, 0.29) is 4.90 Å². The molecule has 0 atom stereocenters. The van der Waals surface area contributed by atoms with E-state index in [0.717, 1.165) is 10.0 Å². The lowest BCUT2D eigenvalue weighted by Gasteiger charge is -2.11. The molecule has 0 aromatic heterocycles. The maximum absolute atomic E-state index is 12.4. The molecule has 7 heteroatoms. The van der Waals surface area contributed by atoms with Crippen molar-refractivity contribution in [2.75, 3.05) is 11.8 Å². The van der Waals surface area contributed by atoms with Crippen molar-refractivity contribution >= 4 is 47.6 Å². The number of hydrogen-bond donors (Lipinski definition) is 2. The Morgan fingerprint density at radius 1 is 1.10 bits per heavy atom. The number of rotatable bonds is 5. The summed E-state index contributed by atoms with van der Waals surface area (Å²) in [5.41, 5.74) is 1.41. The molecule has 0 unspecified atom stereocenters. The predicted molar refractivity (Wildman–Crippen MR) is 91.9 cm³/mol. The van der Waals surface area contributed by atoms with E-state index in [4.69, 9.17) is 0 Å². The first-order valence-corrected chi connectivity index (χ1v) is 9.21.